The number of thiazole rings is 1. The second kappa shape index (κ2) is 8.23. The molecule has 33 heavy (non-hydrogen) atoms. The van der Waals surface area contributed by atoms with Gasteiger partial charge in [-0.05, 0) is 0 Å². The fraction of sp³-hybridized carbons (Fsp3) is 0.0400. The fourth-order valence-corrected chi connectivity index (χ4v) is 10.4. The molecule has 166 valence electrons. The van der Waals surface area contributed by atoms with Crippen molar-refractivity contribution in [3.8, 4) is 11.3 Å². The van der Waals surface area contributed by atoms with Gasteiger partial charge in [0.2, 0.25) is 0 Å². The molecule has 5 aromatic rings. The summed E-state index contributed by atoms with van der Waals surface area (Å²) >= 11 is 21.9. The Kier molecular flexibility index (Phi) is 5.63. The molecule has 0 saturated carbocycles. The van der Waals surface area contributed by atoms with Crippen LogP contribution >= 0.6 is 51.7 Å². The molecule has 8 heteroatoms. The van der Waals surface area contributed by atoms with Crippen molar-refractivity contribution in [1.82, 2.24) is 9.38 Å². The molecule has 0 aliphatic heterocycles. The van der Waals surface area contributed by atoms with Gasteiger partial charge >= 0.3 is 211 Å². The second-order valence-corrected chi connectivity index (χ2v) is 16.8. The van der Waals surface area contributed by atoms with Crippen LogP contribution in [-0.4, -0.2) is 16.0 Å². The summed E-state index contributed by atoms with van der Waals surface area (Å²) in [5, 5.41) is 2.95. The van der Waals surface area contributed by atoms with Gasteiger partial charge in [-0.2, -0.15) is 0 Å². The fourth-order valence-electron chi connectivity index (χ4n) is 4.20. The van der Waals surface area contributed by atoms with E-state index in [0.717, 1.165) is 21.5 Å². The third-order valence-electron chi connectivity index (χ3n) is 5.92. The summed E-state index contributed by atoms with van der Waals surface area (Å²) in [6.07, 6.45) is 1.54. The molecule has 2 aromatic heterocycles. The molecule has 0 radical (unpaired) electrons. The van der Waals surface area contributed by atoms with E-state index in [9.17, 15) is 4.79 Å². The number of halogens is 3. The Morgan fingerprint density at radius 1 is 0.848 bits per heavy atom. The Hall–Kier alpha value is -2.20. The van der Waals surface area contributed by atoms with Crippen LogP contribution in [0.4, 0.5) is 0 Å². The molecule has 0 unspecified atom stereocenters. The summed E-state index contributed by atoms with van der Waals surface area (Å²) in [5.74, 6) is -3.48. The predicted octanol–water partition coefficient (Wildman–Crippen LogP) is 6.34. The molecule has 0 saturated heterocycles. The monoisotopic (exact) mass is 530 g/mol. The molecule has 0 amide bonds. The normalized spacial score (nSPS) is 13.0. The van der Waals surface area contributed by atoms with Crippen LogP contribution < -0.4 is 21.5 Å². The van der Waals surface area contributed by atoms with Crippen molar-refractivity contribution in [3.05, 3.63) is 111 Å². The summed E-state index contributed by atoms with van der Waals surface area (Å²) in [5.41, 5.74) is 0.772. The maximum atomic E-state index is 13.0. The van der Waals surface area contributed by atoms with E-state index in [-0.39, 0.29) is 10.6 Å². The molecule has 0 bridgehead atoms. The van der Waals surface area contributed by atoms with Gasteiger partial charge < -0.3 is 0 Å². The van der Waals surface area contributed by atoms with Crippen molar-refractivity contribution in [3.63, 3.8) is 0 Å². The minimum atomic E-state index is -3.48. The number of nitrogens with zero attached hydrogens (tertiary/aromatic N) is 2. The van der Waals surface area contributed by atoms with Gasteiger partial charge in [-0.15, -0.1) is 0 Å². The molecular formula is C25H18Cl3N2OPS. The van der Waals surface area contributed by atoms with Gasteiger partial charge in [0.1, 0.15) is 0 Å². The van der Waals surface area contributed by atoms with Gasteiger partial charge in [-0.1, -0.05) is 0 Å². The van der Waals surface area contributed by atoms with Crippen LogP contribution in [0.1, 0.15) is 0 Å². The average Bonchev–Trinajstić information content (AvgIpc) is 3.23. The predicted molar refractivity (Wildman–Crippen MR) is 145 cm³/mol. The Morgan fingerprint density at radius 2 is 1.39 bits per heavy atom. The van der Waals surface area contributed by atoms with Crippen LogP contribution in [0.5, 0.6) is 0 Å². The van der Waals surface area contributed by atoms with E-state index in [1.54, 1.807) is 0 Å². The molecule has 0 aliphatic carbocycles. The van der Waals surface area contributed by atoms with Gasteiger partial charge in [-0.3, -0.25) is 0 Å². The Bertz CT molecular complexity index is 1510. The van der Waals surface area contributed by atoms with E-state index in [1.165, 1.54) is 21.9 Å². The van der Waals surface area contributed by atoms with E-state index in [2.05, 4.69) is 30.9 Å². The van der Waals surface area contributed by atoms with E-state index >= 15 is 0 Å². The number of benzene rings is 3. The SMILES string of the molecule is CP(Cl)(c1ccccc1)(c1ccccc1)c1ccccc1-c1nc2sc(Cl)cn2c(=O)c1Cl. The number of fused-ring (bicyclic) bond motifs is 1. The number of hydrogen-bond donors (Lipinski definition) is 0. The summed E-state index contributed by atoms with van der Waals surface area (Å²) in [4.78, 5) is 18.3. The summed E-state index contributed by atoms with van der Waals surface area (Å²) in [7, 11) is 0. The minimum absolute atomic E-state index is 0.0331. The summed E-state index contributed by atoms with van der Waals surface area (Å²) < 4.78 is 1.84. The van der Waals surface area contributed by atoms with Crippen molar-refractivity contribution in [2.24, 2.45) is 0 Å². The van der Waals surface area contributed by atoms with E-state index < -0.39 is 5.96 Å². The number of hydrogen-bond acceptors (Lipinski definition) is 3. The van der Waals surface area contributed by atoms with Crippen LogP contribution in [0.2, 0.25) is 9.36 Å². The van der Waals surface area contributed by atoms with E-state index in [0.29, 0.717) is 15.0 Å². The van der Waals surface area contributed by atoms with Crippen LogP contribution in [0, 0.1) is 0 Å². The second-order valence-electron chi connectivity index (χ2n) is 7.88. The van der Waals surface area contributed by atoms with Gasteiger partial charge in [-0.25, -0.2) is 0 Å². The van der Waals surface area contributed by atoms with Gasteiger partial charge in [0.05, 0.1) is 0 Å². The molecular weight excluding hydrogens is 514 g/mol. The van der Waals surface area contributed by atoms with Crippen molar-refractivity contribution in [2.75, 3.05) is 6.66 Å². The van der Waals surface area contributed by atoms with Gasteiger partial charge in [0.25, 0.3) is 0 Å². The Balaban J connectivity index is 1.89. The first-order valence-corrected chi connectivity index (χ1v) is 15.3. The zero-order valence-corrected chi connectivity index (χ0v) is 21.4. The van der Waals surface area contributed by atoms with Crippen LogP contribution in [0.3, 0.4) is 0 Å². The quantitative estimate of drug-likeness (QED) is 0.254. The van der Waals surface area contributed by atoms with Crippen molar-refractivity contribution < 1.29 is 0 Å². The molecule has 3 aromatic carbocycles. The third kappa shape index (κ3) is 3.53. The third-order valence-corrected chi connectivity index (χ3v) is 13.7. The van der Waals surface area contributed by atoms with Crippen molar-refractivity contribution in [1.29, 1.82) is 0 Å². The molecule has 0 N–H and O–H groups in total. The van der Waals surface area contributed by atoms with Crippen molar-refractivity contribution >= 4 is 72.6 Å². The summed E-state index contributed by atoms with van der Waals surface area (Å²) in [6, 6.07) is 27.9. The number of aromatic nitrogens is 2. The van der Waals surface area contributed by atoms with Crippen LogP contribution in [0.15, 0.2) is 95.9 Å². The van der Waals surface area contributed by atoms with Gasteiger partial charge in [0.15, 0.2) is 0 Å². The standard InChI is InChI=1S/C25H18Cl3N2OPS/c1-32(28,17-10-4-2-5-11-17,18-12-6-3-7-13-18)20-15-9-8-14-19(20)23-22(27)24(31)30-16-21(26)33-25(30)29-23/h2-16H,1H3. The van der Waals surface area contributed by atoms with E-state index in [4.69, 9.17) is 39.4 Å². The molecule has 0 spiro atoms. The van der Waals surface area contributed by atoms with E-state index in [1.807, 2.05) is 60.7 Å². The van der Waals surface area contributed by atoms with Crippen molar-refractivity contribution in [2.45, 2.75) is 0 Å². The van der Waals surface area contributed by atoms with Gasteiger partial charge in [0, 0.05) is 0 Å². The first kappa shape index (κ1) is 22.6. The first-order chi connectivity index (χ1) is 15.8. The summed E-state index contributed by atoms with van der Waals surface area (Å²) in [6.45, 7) is 2.11. The van der Waals surface area contributed by atoms with Crippen LogP contribution in [-0.2, 0) is 0 Å². The zero-order valence-electron chi connectivity index (χ0n) is 17.5. The Morgan fingerprint density at radius 3 is 2.00 bits per heavy atom. The maximum absolute atomic E-state index is 13.0. The first-order valence-electron chi connectivity index (χ1n) is 10.1. The zero-order chi connectivity index (χ0) is 23.2. The topological polar surface area (TPSA) is 34.4 Å². The molecule has 5 rings (SSSR count). The molecule has 3 nitrogen and oxygen atoms in total. The number of rotatable bonds is 4. The molecule has 0 fully saturated rings. The molecule has 2 heterocycles. The average molecular weight is 532 g/mol. The Labute approximate surface area is 209 Å². The molecule has 0 aliphatic rings. The molecule has 0 atom stereocenters. The van der Waals surface area contributed by atoms with Crippen LogP contribution in [0.25, 0.3) is 16.2 Å².